The minimum absolute atomic E-state index is 0.173. The monoisotopic (exact) mass is 290 g/mol. The molecule has 2 N–H and O–H groups in total. The van der Waals surface area contributed by atoms with Crippen LogP contribution in [-0.4, -0.2) is 22.4 Å². The van der Waals surface area contributed by atoms with Crippen molar-refractivity contribution >= 4 is 11.7 Å². The molecule has 2 rings (SSSR count). The number of carbonyl (C=O) groups excluding carboxylic acids is 1. The van der Waals surface area contributed by atoms with Gasteiger partial charge in [-0.1, -0.05) is 0 Å². The van der Waals surface area contributed by atoms with Crippen LogP contribution in [0.5, 0.6) is 0 Å². The zero-order chi connectivity index (χ0) is 15.1. The number of nitrogens with one attached hydrogen (secondary N) is 2. The van der Waals surface area contributed by atoms with E-state index in [1.807, 2.05) is 0 Å². The van der Waals surface area contributed by atoms with Gasteiger partial charge in [0.2, 0.25) is 0 Å². The van der Waals surface area contributed by atoms with Gasteiger partial charge < -0.3 is 10.6 Å². The first-order chi connectivity index (χ1) is 10.1. The van der Waals surface area contributed by atoms with E-state index in [-0.39, 0.29) is 17.4 Å². The summed E-state index contributed by atoms with van der Waals surface area (Å²) < 4.78 is 14.0. The van der Waals surface area contributed by atoms with Crippen LogP contribution < -0.4 is 16.2 Å². The molecule has 0 aliphatic rings. The summed E-state index contributed by atoms with van der Waals surface area (Å²) in [5.74, 6) is -0.359. The first-order valence-corrected chi connectivity index (χ1v) is 6.48. The van der Waals surface area contributed by atoms with E-state index in [1.165, 1.54) is 41.2 Å². The fourth-order valence-corrected chi connectivity index (χ4v) is 1.69. The van der Waals surface area contributed by atoms with Crippen molar-refractivity contribution in [1.82, 2.24) is 15.1 Å². The Hall–Kier alpha value is -2.70. The highest BCUT2D eigenvalue weighted by atomic mass is 19.1. The average Bonchev–Trinajstić information content (AvgIpc) is 2.48. The van der Waals surface area contributed by atoms with Crippen molar-refractivity contribution in [3.8, 4) is 0 Å². The van der Waals surface area contributed by atoms with Gasteiger partial charge in [0.15, 0.2) is 0 Å². The van der Waals surface area contributed by atoms with Crippen molar-refractivity contribution in [2.24, 2.45) is 0 Å². The summed E-state index contributed by atoms with van der Waals surface area (Å²) in [6.07, 6.45) is 2.11. The van der Waals surface area contributed by atoms with Crippen LogP contribution in [0.2, 0.25) is 0 Å². The highest BCUT2D eigenvalue weighted by molar-refractivity contribution is 5.89. The van der Waals surface area contributed by atoms with Gasteiger partial charge in [-0.3, -0.25) is 4.79 Å². The van der Waals surface area contributed by atoms with Crippen LogP contribution in [0.25, 0.3) is 0 Å². The van der Waals surface area contributed by atoms with Gasteiger partial charge in [0.1, 0.15) is 5.82 Å². The quantitative estimate of drug-likeness (QED) is 0.821. The van der Waals surface area contributed by atoms with Crippen molar-refractivity contribution in [3.63, 3.8) is 0 Å². The Morgan fingerprint density at radius 3 is 2.71 bits per heavy atom. The lowest BCUT2D eigenvalue weighted by molar-refractivity contribution is 0.251. The number of urea groups is 1. The molecule has 1 aromatic carbocycles. The molecule has 0 spiro atoms. The number of nitrogens with zero attached hydrogens (tertiary/aromatic N) is 2. The fourth-order valence-electron chi connectivity index (χ4n) is 1.69. The lowest BCUT2D eigenvalue weighted by atomic mass is 10.3. The van der Waals surface area contributed by atoms with Crippen LogP contribution in [0.1, 0.15) is 6.42 Å². The predicted molar refractivity (Wildman–Crippen MR) is 76.5 cm³/mol. The molecule has 2 amide bonds. The van der Waals surface area contributed by atoms with E-state index < -0.39 is 0 Å². The number of rotatable bonds is 5. The summed E-state index contributed by atoms with van der Waals surface area (Å²) in [7, 11) is 0. The smallest absolute Gasteiger partial charge is 0.319 e. The maximum Gasteiger partial charge on any atom is 0.319 e. The van der Waals surface area contributed by atoms with Crippen LogP contribution >= 0.6 is 0 Å². The SMILES string of the molecule is O=C(NCCCn1ncccc1=O)Nc1ccc(F)cc1. The molecular weight excluding hydrogens is 275 g/mol. The zero-order valence-electron chi connectivity index (χ0n) is 11.3. The van der Waals surface area contributed by atoms with Gasteiger partial charge in [0, 0.05) is 31.0 Å². The summed E-state index contributed by atoms with van der Waals surface area (Å²) in [4.78, 5) is 23.0. The van der Waals surface area contributed by atoms with Gasteiger partial charge in [-0.05, 0) is 36.8 Å². The van der Waals surface area contributed by atoms with Crippen LogP contribution in [0.4, 0.5) is 14.9 Å². The number of hydrogen-bond acceptors (Lipinski definition) is 3. The van der Waals surface area contributed by atoms with Gasteiger partial charge in [-0.25, -0.2) is 13.9 Å². The molecule has 7 heteroatoms. The van der Waals surface area contributed by atoms with E-state index in [0.29, 0.717) is 25.2 Å². The Balaban J connectivity index is 1.71. The molecule has 1 heterocycles. The van der Waals surface area contributed by atoms with Crippen molar-refractivity contribution < 1.29 is 9.18 Å². The lowest BCUT2D eigenvalue weighted by Crippen LogP contribution is -2.31. The molecule has 21 heavy (non-hydrogen) atoms. The topological polar surface area (TPSA) is 76.0 Å². The highest BCUT2D eigenvalue weighted by Gasteiger charge is 2.01. The zero-order valence-corrected chi connectivity index (χ0v) is 11.3. The molecule has 0 radical (unpaired) electrons. The number of carbonyl (C=O) groups is 1. The summed E-state index contributed by atoms with van der Waals surface area (Å²) >= 11 is 0. The number of amides is 2. The number of anilines is 1. The number of aromatic nitrogens is 2. The Bertz CT molecular complexity index is 655. The molecule has 110 valence electrons. The number of halogens is 1. The Labute approximate surface area is 120 Å². The van der Waals surface area contributed by atoms with Gasteiger partial charge in [0.25, 0.3) is 5.56 Å². The second kappa shape index (κ2) is 7.18. The van der Waals surface area contributed by atoms with E-state index in [9.17, 15) is 14.0 Å². The third-order valence-corrected chi connectivity index (χ3v) is 2.72. The number of hydrogen-bond donors (Lipinski definition) is 2. The van der Waals surface area contributed by atoms with Crippen LogP contribution in [0.15, 0.2) is 47.4 Å². The molecule has 0 saturated carbocycles. The Morgan fingerprint density at radius 1 is 1.24 bits per heavy atom. The van der Waals surface area contributed by atoms with E-state index in [4.69, 9.17) is 0 Å². The van der Waals surface area contributed by atoms with Gasteiger partial charge in [0.05, 0.1) is 0 Å². The maximum atomic E-state index is 12.7. The van der Waals surface area contributed by atoms with E-state index in [0.717, 1.165) is 0 Å². The normalized spacial score (nSPS) is 10.1. The Morgan fingerprint density at radius 2 is 2.00 bits per heavy atom. The maximum absolute atomic E-state index is 12.7. The predicted octanol–water partition coefficient (Wildman–Crippen LogP) is 1.59. The molecular formula is C14H15FN4O2. The van der Waals surface area contributed by atoms with Gasteiger partial charge in [-0.15, -0.1) is 0 Å². The highest BCUT2D eigenvalue weighted by Crippen LogP contribution is 2.07. The van der Waals surface area contributed by atoms with Crippen LogP contribution in [0, 0.1) is 5.82 Å². The molecule has 0 bridgehead atoms. The molecule has 0 aliphatic carbocycles. The summed E-state index contributed by atoms with van der Waals surface area (Å²) in [5, 5.41) is 9.14. The third kappa shape index (κ3) is 4.72. The summed E-state index contributed by atoms with van der Waals surface area (Å²) in [6, 6.07) is 8.11. The standard InChI is InChI=1S/C14H15FN4O2/c15-11-4-6-12(7-5-11)18-14(21)16-8-2-10-19-13(20)3-1-9-17-19/h1,3-7,9H,2,8,10H2,(H2,16,18,21). The van der Waals surface area contributed by atoms with Gasteiger partial charge >= 0.3 is 6.03 Å². The van der Waals surface area contributed by atoms with Gasteiger partial charge in [-0.2, -0.15) is 5.10 Å². The van der Waals surface area contributed by atoms with Crippen LogP contribution in [-0.2, 0) is 6.54 Å². The number of benzene rings is 1. The third-order valence-electron chi connectivity index (χ3n) is 2.72. The second-order valence-electron chi connectivity index (χ2n) is 4.33. The van der Waals surface area contributed by atoms with Crippen LogP contribution in [0.3, 0.4) is 0 Å². The van der Waals surface area contributed by atoms with E-state index >= 15 is 0 Å². The minimum Gasteiger partial charge on any atom is -0.338 e. The van der Waals surface area contributed by atoms with Crippen molar-refractivity contribution in [2.45, 2.75) is 13.0 Å². The molecule has 0 atom stereocenters. The summed E-state index contributed by atoms with van der Waals surface area (Å²) in [5.41, 5.74) is 0.336. The molecule has 0 fully saturated rings. The Kier molecular flexibility index (Phi) is 5.03. The van der Waals surface area contributed by atoms with Crippen molar-refractivity contribution in [1.29, 1.82) is 0 Å². The molecule has 6 nitrogen and oxygen atoms in total. The second-order valence-corrected chi connectivity index (χ2v) is 4.33. The average molecular weight is 290 g/mol. The van der Waals surface area contributed by atoms with Crippen molar-refractivity contribution in [2.75, 3.05) is 11.9 Å². The van der Waals surface area contributed by atoms with E-state index in [1.54, 1.807) is 6.07 Å². The molecule has 0 unspecified atom stereocenters. The lowest BCUT2D eigenvalue weighted by Gasteiger charge is -2.08. The van der Waals surface area contributed by atoms with E-state index in [2.05, 4.69) is 15.7 Å². The molecule has 2 aromatic rings. The molecule has 0 aliphatic heterocycles. The minimum atomic E-state index is -0.380. The first kappa shape index (κ1) is 14.7. The van der Waals surface area contributed by atoms with Crippen molar-refractivity contribution in [3.05, 3.63) is 58.8 Å². The summed E-state index contributed by atoms with van der Waals surface area (Å²) in [6.45, 7) is 0.826. The largest absolute Gasteiger partial charge is 0.338 e. The fraction of sp³-hybridized carbons (Fsp3) is 0.214. The molecule has 1 aromatic heterocycles. The molecule has 0 saturated heterocycles. The first-order valence-electron chi connectivity index (χ1n) is 6.48. The number of aryl methyl sites for hydroxylation is 1.